The van der Waals surface area contributed by atoms with Gasteiger partial charge in [-0.2, -0.15) is 0 Å². The Bertz CT molecular complexity index is 813. The molecule has 0 atom stereocenters. The van der Waals surface area contributed by atoms with Crippen LogP contribution in [0.15, 0.2) is 83.9 Å². The maximum atomic E-state index is 9.77. The number of aromatic hydroxyl groups is 1. The van der Waals surface area contributed by atoms with Crippen LogP contribution in [0.3, 0.4) is 0 Å². The Kier molecular flexibility index (Phi) is 8.98. The van der Waals surface area contributed by atoms with Gasteiger partial charge in [-0.1, -0.05) is 42.5 Å². The van der Waals surface area contributed by atoms with Crippen molar-refractivity contribution in [3.63, 3.8) is 0 Å². The number of nitrogens with zero attached hydrogens (tertiary/aromatic N) is 1. The molecule has 3 aromatic rings. The number of ether oxygens (including phenoxy) is 1. The molecule has 126 valence electrons. The van der Waals surface area contributed by atoms with Crippen LogP contribution in [0.1, 0.15) is 5.56 Å². The first-order chi connectivity index (χ1) is 12.2. The number of rotatable bonds is 4. The summed E-state index contributed by atoms with van der Waals surface area (Å²) >= 11 is 6.50. The van der Waals surface area contributed by atoms with Crippen molar-refractivity contribution < 1.29 is 24.8 Å². The van der Waals surface area contributed by atoms with E-state index in [1.807, 2.05) is 60.7 Å². The van der Waals surface area contributed by atoms with E-state index < -0.39 is 0 Å². The molecule has 1 N–H and O–H groups in total. The Balaban J connectivity index is 0.000000701. The minimum absolute atomic E-state index is 0.125. The normalized spacial score (nSPS) is 10.0. The number of para-hydroxylation sites is 4. The Morgan fingerprint density at radius 3 is 2.16 bits per heavy atom. The van der Waals surface area contributed by atoms with E-state index >= 15 is 0 Å². The van der Waals surface area contributed by atoms with Gasteiger partial charge in [0.2, 0.25) is 0 Å². The Hall–Kier alpha value is -1.40. The molecule has 0 saturated heterocycles. The van der Waals surface area contributed by atoms with E-state index in [9.17, 15) is 5.11 Å². The third-order valence-electron chi connectivity index (χ3n) is 3.12. The van der Waals surface area contributed by atoms with Gasteiger partial charge in [0.15, 0.2) is 5.75 Å². The molecule has 3 nitrogen and oxygen atoms in total. The summed E-state index contributed by atoms with van der Waals surface area (Å²) in [4.78, 5) is 4.42. The Morgan fingerprint density at radius 2 is 1.44 bits per heavy atom. The number of benzene rings is 3. The first-order valence-electron chi connectivity index (χ1n) is 7.35. The summed E-state index contributed by atoms with van der Waals surface area (Å²) < 4.78 is 5.85. The fourth-order valence-corrected chi connectivity index (χ4v) is 2.00. The standard InChI is InChI=1S/C19H15NO2.2BrH.Ti/c21-18-12-6-4-8-15(18)14-20-17-11-5-7-13-19(17)22-16-9-2-1-3-10-16;;;/h1-14,21H;2*1H;/q;;;+2/p-2. The van der Waals surface area contributed by atoms with Gasteiger partial charge >= 0.3 is 41.3 Å². The SMILES string of the molecule is Oc1ccccc1C=Nc1ccccc1Oc1ccccc1.[Br][Ti][Br]. The van der Waals surface area contributed by atoms with Gasteiger partial charge in [0.1, 0.15) is 17.2 Å². The molecule has 0 aromatic heterocycles. The second-order valence-corrected chi connectivity index (χ2v) is 12.7. The van der Waals surface area contributed by atoms with Crippen molar-refractivity contribution in [2.75, 3.05) is 0 Å². The first-order valence-corrected chi connectivity index (χ1v) is 15.1. The summed E-state index contributed by atoms with van der Waals surface area (Å²) in [6.07, 6.45) is 1.63. The van der Waals surface area contributed by atoms with Crippen LogP contribution >= 0.6 is 26.3 Å². The van der Waals surface area contributed by atoms with E-state index in [1.165, 1.54) is 0 Å². The molecule has 0 radical (unpaired) electrons. The van der Waals surface area contributed by atoms with E-state index in [2.05, 4.69) is 31.3 Å². The van der Waals surface area contributed by atoms with Gasteiger partial charge in [-0.05, 0) is 36.4 Å². The first kappa shape index (κ1) is 19.9. The van der Waals surface area contributed by atoms with Crippen LogP contribution in [-0.2, 0) is 15.0 Å². The van der Waals surface area contributed by atoms with Gasteiger partial charge in [0, 0.05) is 11.8 Å². The van der Waals surface area contributed by atoms with Gasteiger partial charge < -0.3 is 9.84 Å². The number of halogens is 2. The number of hydrogen-bond acceptors (Lipinski definition) is 3. The second kappa shape index (κ2) is 11.3. The molecule has 0 saturated carbocycles. The van der Waals surface area contributed by atoms with Gasteiger partial charge in [0.05, 0.1) is 0 Å². The fraction of sp³-hybridized carbons (Fsp3) is 0. The third-order valence-corrected chi connectivity index (χ3v) is 3.12. The molecular formula is C19H15Br2NO2Ti. The van der Waals surface area contributed by atoms with E-state index in [0.29, 0.717) is 17.0 Å². The van der Waals surface area contributed by atoms with Crippen LogP contribution in [0.25, 0.3) is 0 Å². The maximum absolute atomic E-state index is 9.77. The van der Waals surface area contributed by atoms with Crippen LogP contribution in [0.5, 0.6) is 17.2 Å². The van der Waals surface area contributed by atoms with Gasteiger partial charge in [-0.15, -0.1) is 0 Å². The molecule has 0 amide bonds. The number of hydrogen-bond donors (Lipinski definition) is 1. The molecule has 0 heterocycles. The van der Waals surface area contributed by atoms with E-state index in [-0.39, 0.29) is 20.7 Å². The van der Waals surface area contributed by atoms with Crippen molar-refractivity contribution in [1.82, 2.24) is 0 Å². The zero-order chi connectivity index (χ0) is 17.9. The summed E-state index contributed by atoms with van der Waals surface area (Å²) in [5.74, 6) is 1.63. The average Bonchev–Trinajstić information content (AvgIpc) is 2.64. The Morgan fingerprint density at radius 1 is 0.840 bits per heavy atom. The molecule has 0 spiro atoms. The van der Waals surface area contributed by atoms with Crippen LogP contribution in [0.2, 0.25) is 0 Å². The zero-order valence-electron chi connectivity index (χ0n) is 13.1. The van der Waals surface area contributed by atoms with Gasteiger partial charge in [-0.25, -0.2) is 0 Å². The molecule has 0 bridgehead atoms. The fourth-order valence-electron chi connectivity index (χ4n) is 2.00. The number of phenolic OH excluding ortho intramolecular Hbond substituents is 1. The molecular weight excluding hydrogens is 482 g/mol. The van der Waals surface area contributed by atoms with Crippen molar-refractivity contribution in [3.8, 4) is 17.2 Å². The molecule has 25 heavy (non-hydrogen) atoms. The summed E-state index contributed by atoms with van der Waals surface area (Å²) in [6, 6.07) is 24.2. The van der Waals surface area contributed by atoms with Gasteiger partial charge in [-0.3, -0.25) is 4.99 Å². The van der Waals surface area contributed by atoms with Crippen LogP contribution in [0.4, 0.5) is 5.69 Å². The number of aliphatic imine (C=N–C) groups is 1. The summed E-state index contributed by atoms with van der Waals surface area (Å²) in [7, 11) is 0. The minimum atomic E-state index is 0.125. The molecule has 0 aliphatic heterocycles. The molecule has 3 aromatic carbocycles. The van der Waals surface area contributed by atoms with Crippen molar-refractivity contribution in [3.05, 3.63) is 84.4 Å². The summed E-state index contributed by atoms with van der Waals surface area (Å²) in [5, 5.41) is 9.77. The van der Waals surface area contributed by atoms with Gasteiger partial charge in [0.25, 0.3) is 0 Å². The molecule has 0 aliphatic carbocycles. The van der Waals surface area contributed by atoms with Crippen LogP contribution < -0.4 is 4.74 Å². The van der Waals surface area contributed by atoms with Crippen molar-refractivity contribution in [2.45, 2.75) is 0 Å². The zero-order valence-corrected chi connectivity index (χ0v) is 17.9. The second-order valence-electron chi connectivity index (χ2n) is 4.77. The molecule has 0 aliphatic rings. The van der Waals surface area contributed by atoms with Crippen LogP contribution in [0, 0.1) is 0 Å². The summed E-state index contributed by atoms with van der Waals surface area (Å²) in [5.41, 5.74) is 1.37. The monoisotopic (exact) mass is 495 g/mol. The summed E-state index contributed by atoms with van der Waals surface area (Å²) in [6.45, 7) is 0. The van der Waals surface area contributed by atoms with Crippen molar-refractivity contribution >= 4 is 38.2 Å². The predicted molar refractivity (Wildman–Crippen MR) is 106 cm³/mol. The average molecular weight is 497 g/mol. The van der Waals surface area contributed by atoms with Crippen molar-refractivity contribution in [1.29, 1.82) is 0 Å². The Labute approximate surface area is 168 Å². The van der Waals surface area contributed by atoms with E-state index in [0.717, 1.165) is 5.75 Å². The van der Waals surface area contributed by atoms with Crippen LogP contribution in [-0.4, -0.2) is 11.3 Å². The molecule has 0 unspecified atom stereocenters. The molecule has 3 rings (SSSR count). The third kappa shape index (κ3) is 6.79. The number of phenols is 1. The van der Waals surface area contributed by atoms with E-state index in [4.69, 9.17) is 4.74 Å². The topological polar surface area (TPSA) is 41.8 Å². The predicted octanol–water partition coefficient (Wildman–Crippen LogP) is 6.62. The molecule has 0 fully saturated rings. The molecule has 6 heteroatoms. The van der Waals surface area contributed by atoms with E-state index in [1.54, 1.807) is 24.4 Å². The van der Waals surface area contributed by atoms with Crippen molar-refractivity contribution in [2.24, 2.45) is 4.99 Å². The quantitative estimate of drug-likeness (QED) is 0.325.